The SMILES string of the molecule is CCC(CO)NC(=O)c1c(F)ccc(C)c1F. The number of benzene rings is 1. The van der Waals surface area contributed by atoms with Crippen LogP contribution >= 0.6 is 0 Å². The molecular formula is C12H15F2NO2. The molecule has 0 aliphatic carbocycles. The lowest BCUT2D eigenvalue weighted by molar-refractivity contribution is 0.0906. The maximum atomic E-state index is 13.6. The van der Waals surface area contributed by atoms with Crippen LogP contribution in [0.1, 0.15) is 29.3 Å². The third-order valence-electron chi connectivity index (χ3n) is 2.56. The Balaban J connectivity index is 3.00. The summed E-state index contributed by atoms with van der Waals surface area (Å²) < 4.78 is 27.0. The van der Waals surface area contributed by atoms with Crippen molar-refractivity contribution >= 4 is 5.91 Å². The molecule has 94 valence electrons. The molecule has 1 amide bonds. The van der Waals surface area contributed by atoms with Gasteiger partial charge in [-0.15, -0.1) is 0 Å². The topological polar surface area (TPSA) is 49.3 Å². The van der Waals surface area contributed by atoms with Crippen molar-refractivity contribution in [1.82, 2.24) is 5.32 Å². The Hall–Kier alpha value is -1.49. The van der Waals surface area contributed by atoms with Gasteiger partial charge in [-0.3, -0.25) is 4.79 Å². The van der Waals surface area contributed by atoms with Crippen LogP contribution in [0.4, 0.5) is 8.78 Å². The molecule has 1 aromatic carbocycles. The summed E-state index contributed by atoms with van der Waals surface area (Å²) in [5.41, 5.74) is -0.398. The van der Waals surface area contributed by atoms with Crippen LogP contribution in [0.3, 0.4) is 0 Å². The van der Waals surface area contributed by atoms with Crippen molar-refractivity contribution in [2.75, 3.05) is 6.61 Å². The molecule has 0 fully saturated rings. The molecule has 3 nitrogen and oxygen atoms in total. The molecule has 0 spiro atoms. The summed E-state index contributed by atoms with van der Waals surface area (Å²) in [7, 11) is 0. The highest BCUT2D eigenvalue weighted by Gasteiger charge is 2.20. The minimum absolute atomic E-state index is 0.202. The summed E-state index contributed by atoms with van der Waals surface area (Å²) in [6.07, 6.45) is 0.483. The second kappa shape index (κ2) is 5.72. The maximum Gasteiger partial charge on any atom is 0.257 e. The van der Waals surface area contributed by atoms with Gasteiger partial charge in [0.05, 0.1) is 12.6 Å². The molecule has 1 atom stereocenters. The third kappa shape index (κ3) is 3.00. The van der Waals surface area contributed by atoms with Gasteiger partial charge in [0.2, 0.25) is 0 Å². The highest BCUT2D eigenvalue weighted by Crippen LogP contribution is 2.16. The highest BCUT2D eigenvalue weighted by molar-refractivity contribution is 5.95. The number of rotatable bonds is 4. The Morgan fingerprint density at radius 3 is 2.65 bits per heavy atom. The quantitative estimate of drug-likeness (QED) is 0.846. The summed E-state index contributed by atoms with van der Waals surface area (Å²) in [5, 5.41) is 11.3. The number of aliphatic hydroxyl groups excluding tert-OH is 1. The van der Waals surface area contributed by atoms with E-state index in [2.05, 4.69) is 5.32 Å². The number of aliphatic hydroxyl groups is 1. The van der Waals surface area contributed by atoms with Crippen molar-refractivity contribution < 1.29 is 18.7 Å². The summed E-state index contributed by atoms with van der Waals surface area (Å²) in [6.45, 7) is 2.94. The van der Waals surface area contributed by atoms with Crippen LogP contribution in [0, 0.1) is 18.6 Å². The van der Waals surface area contributed by atoms with Gasteiger partial charge in [0.1, 0.15) is 17.2 Å². The van der Waals surface area contributed by atoms with Crippen LogP contribution in [0.25, 0.3) is 0 Å². The zero-order valence-electron chi connectivity index (χ0n) is 9.76. The molecule has 2 N–H and O–H groups in total. The first kappa shape index (κ1) is 13.6. The zero-order chi connectivity index (χ0) is 13.0. The van der Waals surface area contributed by atoms with E-state index in [4.69, 9.17) is 5.11 Å². The number of aryl methyl sites for hydroxylation is 1. The number of carbonyl (C=O) groups excluding carboxylic acids is 1. The minimum Gasteiger partial charge on any atom is -0.394 e. The van der Waals surface area contributed by atoms with E-state index in [1.54, 1.807) is 6.92 Å². The maximum absolute atomic E-state index is 13.6. The monoisotopic (exact) mass is 243 g/mol. The molecule has 0 aromatic heterocycles. The Morgan fingerprint density at radius 1 is 1.47 bits per heavy atom. The van der Waals surface area contributed by atoms with E-state index in [9.17, 15) is 13.6 Å². The number of amides is 1. The Labute approximate surface area is 98.5 Å². The number of halogens is 2. The fourth-order valence-electron chi connectivity index (χ4n) is 1.40. The van der Waals surface area contributed by atoms with Crippen LogP contribution < -0.4 is 5.32 Å². The molecular weight excluding hydrogens is 228 g/mol. The first-order chi connectivity index (χ1) is 8.01. The fraction of sp³-hybridized carbons (Fsp3) is 0.417. The van der Waals surface area contributed by atoms with Gasteiger partial charge in [0.25, 0.3) is 5.91 Å². The second-order valence-corrected chi connectivity index (χ2v) is 3.81. The Kier molecular flexibility index (Phi) is 4.57. The van der Waals surface area contributed by atoms with E-state index >= 15 is 0 Å². The standard InChI is InChI=1S/C12H15F2NO2/c1-3-8(6-16)15-12(17)10-9(13)5-4-7(2)11(10)14/h4-5,8,16H,3,6H2,1-2H3,(H,15,17). The number of hydrogen-bond donors (Lipinski definition) is 2. The molecule has 1 rings (SSSR count). The lowest BCUT2D eigenvalue weighted by Gasteiger charge is -2.15. The first-order valence-corrected chi connectivity index (χ1v) is 5.37. The van der Waals surface area contributed by atoms with E-state index in [1.165, 1.54) is 13.0 Å². The molecule has 0 saturated carbocycles. The predicted molar refractivity (Wildman–Crippen MR) is 59.7 cm³/mol. The largest absolute Gasteiger partial charge is 0.394 e. The average molecular weight is 243 g/mol. The van der Waals surface area contributed by atoms with E-state index in [1.807, 2.05) is 0 Å². The van der Waals surface area contributed by atoms with E-state index in [0.29, 0.717) is 6.42 Å². The van der Waals surface area contributed by atoms with Crippen molar-refractivity contribution in [2.45, 2.75) is 26.3 Å². The van der Waals surface area contributed by atoms with Gasteiger partial charge in [-0.1, -0.05) is 13.0 Å². The molecule has 0 aliphatic heterocycles. The molecule has 17 heavy (non-hydrogen) atoms. The number of nitrogens with one attached hydrogen (secondary N) is 1. The van der Waals surface area contributed by atoms with Gasteiger partial charge < -0.3 is 10.4 Å². The summed E-state index contributed by atoms with van der Waals surface area (Å²) in [6, 6.07) is 1.82. The average Bonchev–Trinajstić information content (AvgIpc) is 2.31. The van der Waals surface area contributed by atoms with Gasteiger partial charge in [-0.25, -0.2) is 8.78 Å². The minimum atomic E-state index is -0.904. The molecule has 0 aliphatic rings. The van der Waals surface area contributed by atoms with Crippen LogP contribution in [0.5, 0.6) is 0 Å². The Morgan fingerprint density at radius 2 is 2.12 bits per heavy atom. The van der Waals surface area contributed by atoms with Crippen LogP contribution in [-0.4, -0.2) is 23.7 Å². The zero-order valence-corrected chi connectivity index (χ0v) is 9.76. The number of carbonyl (C=O) groups is 1. The van der Waals surface area contributed by atoms with Gasteiger partial charge in [-0.2, -0.15) is 0 Å². The summed E-state index contributed by atoms with van der Waals surface area (Å²) >= 11 is 0. The van der Waals surface area contributed by atoms with Gasteiger partial charge in [0, 0.05) is 0 Å². The summed E-state index contributed by atoms with van der Waals surface area (Å²) in [5.74, 6) is -2.61. The lowest BCUT2D eigenvalue weighted by Crippen LogP contribution is -2.37. The lowest BCUT2D eigenvalue weighted by atomic mass is 10.1. The van der Waals surface area contributed by atoms with Gasteiger partial charge >= 0.3 is 0 Å². The smallest absolute Gasteiger partial charge is 0.257 e. The van der Waals surface area contributed by atoms with E-state index in [0.717, 1.165) is 6.07 Å². The van der Waals surface area contributed by atoms with Crippen molar-refractivity contribution in [3.8, 4) is 0 Å². The highest BCUT2D eigenvalue weighted by atomic mass is 19.1. The molecule has 0 bridgehead atoms. The fourth-order valence-corrected chi connectivity index (χ4v) is 1.40. The molecule has 0 saturated heterocycles. The van der Waals surface area contributed by atoms with Crippen molar-refractivity contribution in [2.24, 2.45) is 0 Å². The third-order valence-corrected chi connectivity index (χ3v) is 2.56. The molecule has 0 heterocycles. The summed E-state index contributed by atoms with van der Waals surface area (Å²) in [4.78, 5) is 11.7. The second-order valence-electron chi connectivity index (χ2n) is 3.81. The van der Waals surface area contributed by atoms with E-state index < -0.39 is 29.1 Å². The predicted octanol–water partition coefficient (Wildman–Crippen LogP) is 1.77. The Bertz CT molecular complexity index is 417. The van der Waals surface area contributed by atoms with Crippen molar-refractivity contribution in [3.63, 3.8) is 0 Å². The van der Waals surface area contributed by atoms with Crippen molar-refractivity contribution in [1.29, 1.82) is 0 Å². The van der Waals surface area contributed by atoms with Gasteiger partial charge in [-0.05, 0) is 25.0 Å². The van der Waals surface area contributed by atoms with Crippen LogP contribution in [0.15, 0.2) is 12.1 Å². The van der Waals surface area contributed by atoms with E-state index in [-0.39, 0.29) is 12.2 Å². The first-order valence-electron chi connectivity index (χ1n) is 5.37. The molecule has 1 aromatic rings. The van der Waals surface area contributed by atoms with Gasteiger partial charge in [0.15, 0.2) is 0 Å². The number of hydrogen-bond acceptors (Lipinski definition) is 2. The van der Waals surface area contributed by atoms with Crippen LogP contribution in [-0.2, 0) is 0 Å². The van der Waals surface area contributed by atoms with Crippen molar-refractivity contribution in [3.05, 3.63) is 34.9 Å². The molecule has 0 radical (unpaired) electrons. The van der Waals surface area contributed by atoms with Crippen LogP contribution in [0.2, 0.25) is 0 Å². The molecule has 5 heteroatoms. The molecule has 1 unspecified atom stereocenters. The normalized spacial score (nSPS) is 12.3.